The van der Waals surface area contributed by atoms with Gasteiger partial charge in [0.2, 0.25) is 8.32 Å². The molecule has 120 valence electrons. The third-order valence-electron chi connectivity index (χ3n) is 3.78. The number of rotatable bonds is 9. The Morgan fingerprint density at radius 3 is 2.25 bits per heavy atom. The van der Waals surface area contributed by atoms with Crippen molar-refractivity contribution in [2.75, 3.05) is 6.61 Å². The highest BCUT2D eigenvalue weighted by molar-refractivity contribution is 6.73. The van der Waals surface area contributed by atoms with Crippen LogP contribution in [-0.2, 0) is 19.0 Å². The number of hydrogen-bond donors (Lipinski definition) is 0. The fraction of sp³-hybridized carbons (Fsp3) is 0.933. The molecule has 0 aliphatic carbocycles. The van der Waals surface area contributed by atoms with Gasteiger partial charge in [0, 0.05) is 0 Å². The summed E-state index contributed by atoms with van der Waals surface area (Å²) in [6, 6.07) is 0. The number of unbranched alkanes of at least 4 members (excludes halogenated alkanes) is 1. The van der Waals surface area contributed by atoms with Crippen molar-refractivity contribution in [3.63, 3.8) is 0 Å². The molecule has 0 radical (unpaired) electrons. The average Bonchev–Trinajstić information content (AvgIpc) is 2.31. The zero-order chi connectivity index (χ0) is 15.8. The maximum Gasteiger partial charge on any atom is 0.308 e. The first-order chi connectivity index (χ1) is 9.14. The number of carbonyl (C=O) groups is 1. The van der Waals surface area contributed by atoms with Crippen molar-refractivity contribution in [3.05, 3.63) is 0 Å². The summed E-state index contributed by atoms with van der Waals surface area (Å²) in [4.78, 5) is 17.2. The van der Waals surface area contributed by atoms with Crippen LogP contribution in [0.4, 0.5) is 0 Å². The monoisotopic (exact) mass is 304 g/mol. The fourth-order valence-electron chi connectivity index (χ4n) is 1.34. The van der Waals surface area contributed by atoms with Crippen LogP contribution in [0.15, 0.2) is 0 Å². The molecule has 0 saturated carbocycles. The van der Waals surface area contributed by atoms with Gasteiger partial charge in [0.05, 0.1) is 13.0 Å². The first kappa shape index (κ1) is 19.6. The van der Waals surface area contributed by atoms with E-state index in [4.69, 9.17) is 14.2 Å². The zero-order valence-electron chi connectivity index (χ0n) is 14.2. The molecule has 0 bridgehead atoms. The van der Waals surface area contributed by atoms with E-state index in [1.807, 2.05) is 6.92 Å². The topological polar surface area (TPSA) is 44.8 Å². The molecule has 0 heterocycles. The van der Waals surface area contributed by atoms with Crippen LogP contribution in [0.5, 0.6) is 0 Å². The summed E-state index contributed by atoms with van der Waals surface area (Å²) in [5, 5.41) is 0.0895. The summed E-state index contributed by atoms with van der Waals surface area (Å²) in [7, 11) is -1.95. The van der Waals surface area contributed by atoms with Crippen LogP contribution in [0.1, 0.15) is 60.3 Å². The van der Waals surface area contributed by atoms with E-state index >= 15 is 0 Å². The number of esters is 1. The molecule has 0 N–H and O–H groups in total. The normalized spacial score (nSPS) is 14.2. The van der Waals surface area contributed by atoms with Crippen LogP contribution in [0.3, 0.4) is 0 Å². The molecule has 0 saturated heterocycles. The summed E-state index contributed by atoms with van der Waals surface area (Å²) in [5.74, 6) is -0.215. The summed E-state index contributed by atoms with van der Waals surface area (Å²) < 4.78 is 10.8. The summed E-state index contributed by atoms with van der Waals surface area (Å²) in [5.41, 5.74) is 0. The lowest BCUT2D eigenvalue weighted by atomic mass is 10.1. The molecule has 1 atom stereocenters. The first-order valence-corrected chi connectivity index (χ1v) is 10.5. The smallest absolute Gasteiger partial charge is 0.308 e. The SMILES string of the molecule is CCCCC(CC(=O)OCC)OO[Si](C)(C)C(C)(C)C. The molecule has 0 amide bonds. The lowest BCUT2D eigenvalue weighted by Crippen LogP contribution is -2.42. The van der Waals surface area contributed by atoms with Crippen molar-refractivity contribution < 1.29 is 19.0 Å². The number of hydrogen-bond acceptors (Lipinski definition) is 4. The van der Waals surface area contributed by atoms with E-state index in [2.05, 4.69) is 40.8 Å². The van der Waals surface area contributed by atoms with Crippen molar-refractivity contribution in [3.8, 4) is 0 Å². The minimum atomic E-state index is -1.95. The second kappa shape index (κ2) is 8.80. The highest BCUT2D eigenvalue weighted by Gasteiger charge is 2.39. The highest BCUT2D eigenvalue weighted by atomic mass is 28.4. The largest absolute Gasteiger partial charge is 0.466 e. The summed E-state index contributed by atoms with van der Waals surface area (Å²) >= 11 is 0. The third kappa shape index (κ3) is 7.41. The maximum atomic E-state index is 11.6. The third-order valence-corrected chi connectivity index (χ3v) is 7.90. The molecule has 0 aromatic rings. The molecule has 0 rings (SSSR count). The Bertz CT molecular complexity index is 284. The van der Waals surface area contributed by atoms with Gasteiger partial charge in [0.1, 0.15) is 6.10 Å². The van der Waals surface area contributed by atoms with Gasteiger partial charge in [-0.25, -0.2) is 4.89 Å². The van der Waals surface area contributed by atoms with Gasteiger partial charge in [-0.3, -0.25) is 9.37 Å². The summed E-state index contributed by atoms with van der Waals surface area (Å²) in [6.45, 7) is 15.1. The van der Waals surface area contributed by atoms with E-state index in [1.54, 1.807) is 0 Å². The maximum absolute atomic E-state index is 11.6. The van der Waals surface area contributed by atoms with Crippen LogP contribution < -0.4 is 0 Å². The molecular weight excluding hydrogens is 272 g/mol. The molecule has 0 spiro atoms. The number of ether oxygens (including phenoxy) is 1. The van der Waals surface area contributed by atoms with E-state index < -0.39 is 8.32 Å². The lowest BCUT2D eigenvalue weighted by Gasteiger charge is -2.35. The Balaban J connectivity index is 4.46. The van der Waals surface area contributed by atoms with Crippen LogP contribution in [0, 0.1) is 0 Å². The van der Waals surface area contributed by atoms with Crippen LogP contribution in [-0.4, -0.2) is 27.0 Å². The lowest BCUT2D eigenvalue weighted by molar-refractivity contribution is -0.261. The quantitative estimate of drug-likeness (QED) is 0.273. The molecule has 5 heteroatoms. The van der Waals surface area contributed by atoms with Crippen LogP contribution in [0.25, 0.3) is 0 Å². The van der Waals surface area contributed by atoms with E-state index in [1.165, 1.54) is 0 Å². The minimum absolute atomic E-state index is 0.0895. The highest BCUT2D eigenvalue weighted by Crippen LogP contribution is 2.37. The number of carbonyl (C=O) groups excluding carboxylic acids is 1. The van der Waals surface area contributed by atoms with E-state index in [0.29, 0.717) is 6.61 Å². The molecule has 0 aromatic heterocycles. The molecule has 0 aliphatic heterocycles. The predicted molar refractivity (Wildman–Crippen MR) is 83.9 cm³/mol. The molecular formula is C15H32O4Si. The summed E-state index contributed by atoms with van der Waals surface area (Å²) in [6.07, 6.45) is 2.98. The van der Waals surface area contributed by atoms with Crippen molar-refractivity contribution in [1.29, 1.82) is 0 Å². The molecule has 1 unspecified atom stereocenters. The minimum Gasteiger partial charge on any atom is -0.466 e. The average molecular weight is 305 g/mol. The fourth-order valence-corrected chi connectivity index (χ4v) is 1.96. The van der Waals surface area contributed by atoms with Gasteiger partial charge in [-0.2, -0.15) is 0 Å². The van der Waals surface area contributed by atoms with Crippen LogP contribution in [0.2, 0.25) is 18.1 Å². The van der Waals surface area contributed by atoms with Crippen molar-refractivity contribution in [2.45, 2.75) is 84.5 Å². The van der Waals surface area contributed by atoms with Gasteiger partial charge in [0.25, 0.3) is 0 Å². The Morgan fingerprint density at radius 2 is 1.80 bits per heavy atom. The Kier molecular flexibility index (Phi) is 8.62. The van der Waals surface area contributed by atoms with E-state index in [9.17, 15) is 4.79 Å². The Hall–Kier alpha value is -0.393. The first-order valence-electron chi connectivity index (χ1n) is 7.64. The molecule has 0 aliphatic rings. The van der Waals surface area contributed by atoms with Crippen molar-refractivity contribution >= 4 is 14.3 Å². The Labute approximate surface area is 125 Å². The molecule has 0 fully saturated rings. The van der Waals surface area contributed by atoms with Crippen LogP contribution >= 0.6 is 0 Å². The van der Waals surface area contributed by atoms with Gasteiger partial charge >= 0.3 is 5.97 Å². The molecule has 20 heavy (non-hydrogen) atoms. The van der Waals surface area contributed by atoms with Gasteiger partial charge in [0.15, 0.2) is 0 Å². The zero-order valence-corrected chi connectivity index (χ0v) is 15.2. The molecule has 4 nitrogen and oxygen atoms in total. The van der Waals surface area contributed by atoms with Crippen molar-refractivity contribution in [1.82, 2.24) is 0 Å². The standard InChI is InChI=1S/C15H32O4Si/c1-8-10-11-13(12-14(16)17-9-2)18-19-20(6,7)15(3,4)5/h13H,8-12H2,1-7H3. The van der Waals surface area contributed by atoms with E-state index in [-0.39, 0.29) is 23.5 Å². The van der Waals surface area contributed by atoms with Gasteiger partial charge in [-0.05, 0) is 31.5 Å². The van der Waals surface area contributed by atoms with Gasteiger partial charge in [-0.1, -0.05) is 40.5 Å². The van der Waals surface area contributed by atoms with E-state index in [0.717, 1.165) is 19.3 Å². The second-order valence-electron chi connectivity index (χ2n) is 6.71. The molecule has 0 aromatic carbocycles. The van der Waals surface area contributed by atoms with Gasteiger partial charge < -0.3 is 4.74 Å². The second-order valence-corrected chi connectivity index (χ2v) is 11.4. The Morgan fingerprint density at radius 1 is 1.20 bits per heavy atom. The predicted octanol–water partition coefficient (Wildman–Crippen LogP) is 4.45. The van der Waals surface area contributed by atoms with Crippen molar-refractivity contribution in [2.24, 2.45) is 0 Å². The van der Waals surface area contributed by atoms with Gasteiger partial charge in [-0.15, -0.1) is 0 Å².